The molecule has 1 atom stereocenters. The van der Waals surface area contributed by atoms with Crippen molar-refractivity contribution in [1.82, 2.24) is 24.5 Å². The van der Waals surface area contributed by atoms with E-state index in [9.17, 15) is 9.18 Å². The van der Waals surface area contributed by atoms with Gasteiger partial charge in [-0.3, -0.25) is 9.78 Å². The molecule has 1 aliphatic heterocycles. The lowest BCUT2D eigenvalue weighted by Crippen LogP contribution is -2.39. The molecule has 0 bridgehead atoms. The average Bonchev–Trinajstić information content (AvgIpc) is 3.23. The number of nitrogens with zero attached hydrogens (tertiary/aromatic N) is 5. The molecule has 0 N–H and O–H groups in total. The maximum Gasteiger partial charge on any atom is 0.272 e. The summed E-state index contributed by atoms with van der Waals surface area (Å²) in [5.41, 5.74) is 2.85. The smallest absolute Gasteiger partial charge is 0.272 e. The summed E-state index contributed by atoms with van der Waals surface area (Å²) in [5, 5.41) is 4.67. The highest BCUT2D eigenvalue weighted by atomic mass is 19.1. The highest BCUT2D eigenvalue weighted by Gasteiger charge is 2.28. The number of fused-ring (bicyclic) bond motifs is 1. The Morgan fingerprint density at radius 2 is 2.00 bits per heavy atom. The van der Waals surface area contributed by atoms with Gasteiger partial charge in [-0.1, -0.05) is 18.2 Å². The first-order chi connectivity index (χ1) is 14.7. The van der Waals surface area contributed by atoms with E-state index >= 15 is 0 Å². The molecule has 0 aliphatic carbocycles. The molecular weight excluding hydrogens is 381 g/mol. The number of pyridine rings is 2. The van der Waals surface area contributed by atoms with E-state index in [4.69, 9.17) is 0 Å². The van der Waals surface area contributed by atoms with Crippen molar-refractivity contribution in [2.75, 3.05) is 13.1 Å². The second-order valence-electron chi connectivity index (χ2n) is 7.51. The fourth-order valence-electron chi connectivity index (χ4n) is 3.94. The summed E-state index contributed by atoms with van der Waals surface area (Å²) < 4.78 is 15.3. The van der Waals surface area contributed by atoms with Gasteiger partial charge in [0.25, 0.3) is 5.91 Å². The Morgan fingerprint density at radius 3 is 2.83 bits per heavy atom. The number of likely N-dealkylation sites (tertiary alicyclic amines) is 1. The SMILES string of the molecule is O=C(c1ccccn1)N1CCC[C@@H](c2nc3ccc(-c4cccc(F)c4)cn3n2)C1. The van der Waals surface area contributed by atoms with Crippen LogP contribution >= 0.6 is 0 Å². The molecular formula is C23H20FN5O. The Morgan fingerprint density at radius 1 is 1.07 bits per heavy atom. The molecule has 3 aromatic heterocycles. The molecule has 6 nitrogen and oxygen atoms in total. The van der Waals surface area contributed by atoms with Crippen LogP contribution in [0.3, 0.4) is 0 Å². The molecule has 0 radical (unpaired) electrons. The maximum atomic E-state index is 13.6. The number of benzene rings is 1. The van der Waals surface area contributed by atoms with Crippen molar-refractivity contribution in [2.45, 2.75) is 18.8 Å². The van der Waals surface area contributed by atoms with Gasteiger partial charge in [0, 0.05) is 37.0 Å². The van der Waals surface area contributed by atoms with Crippen LogP contribution < -0.4 is 0 Å². The Labute approximate surface area is 173 Å². The summed E-state index contributed by atoms with van der Waals surface area (Å²) in [5.74, 6) is 0.470. The van der Waals surface area contributed by atoms with Crippen LogP contribution in [0.15, 0.2) is 67.0 Å². The van der Waals surface area contributed by atoms with Gasteiger partial charge in [0.2, 0.25) is 0 Å². The second-order valence-corrected chi connectivity index (χ2v) is 7.51. The summed E-state index contributed by atoms with van der Waals surface area (Å²) in [7, 11) is 0. The average molecular weight is 401 g/mol. The molecule has 4 aromatic rings. The van der Waals surface area contributed by atoms with Gasteiger partial charge < -0.3 is 4.90 Å². The standard InChI is InChI=1S/C23H20FN5O/c24-19-7-3-5-16(13-19)17-9-10-21-26-22(27-29(21)15-17)18-6-4-12-28(14-18)23(30)20-8-1-2-11-25-20/h1-3,5,7-11,13,15,18H,4,6,12,14H2/t18-/m1/s1. The topological polar surface area (TPSA) is 63.4 Å². The fraction of sp³-hybridized carbons (Fsp3) is 0.217. The van der Waals surface area contributed by atoms with Crippen molar-refractivity contribution >= 4 is 11.6 Å². The van der Waals surface area contributed by atoms with Crippen LogP contribution in [-0.2, 0) is 0 Å². The third-order valence-electron chi connectivity index (χ3n) is 5.46. The first kappa shape index (κ1) is 18.4. The summed E-state index contributed by atoms with van der Waals surface area (Å²) >= 11 is 0. The van der Waals surface area contributed by atoms with Gasteiger partial charge >= 0.3 is 0 Å². The molecule has 1 amide bonds. The summed E-state index contributed by atoms with van der Waals surface area (Å²) in [6.45, 7) is 1.28. The number of carbonyl (C=O) groups is 1. The van der Waals surface area contributed by atoms with Gasteiger partial charge in [0.15, 0.2) is 11.5 Å². The quantitative estimate of drug-likeness (QED) is 0.521. The Bertz CT molecular complexity index is 1210. The van der Waals surface area contributed by atoms with E-state index in [1.165, 1.54) is 12.1 Å². The molecule has 1 aromatic carbocycles. The molecule has 7 heteroatoms. The summed E-state index contributed by atoms with van der Waals surface area (Å²) in [4.78, 5) is 23.5. The zero-order valence-electron chi connectivity index (χ0n) is 16.3. The predicted octanol–water partition coefficient (Wildman–Crippen LogP) is 3.95. The molecule has 30 heavy (non-hydrogen) atoms. The van der Waals surface area contributed by atoms with Crippen LogP contribution in [0.2, 0.25) is 0 Å². The van der Waals surface area contributed by atoms with E-state index < -0.39 is 0 Å². The predicted molar refractivity (Wildman–Crippen MR) is 110 cm³/mol. The molecule has 0 saturated carbocycles. The van der Waals surface area contributed by atoms with Crippen LogP contribution in [0.4, 0.5) is 4.39 Å². The van der Waals surface area contributed by atoms with Crippen LogP contribution in [0.25, 0.3) is 16.8 Å². The Kier molecular flexibility index (Phi) is 4.71. The number of aromatic nitrogens is 4. The third kappa shape index (κ3) is 3.54. The number of hydrogen-bond acceptors (Lipinski definition) is 4. The number of carbonyl (C=O) groups excluding carboxylic acids is 1. The van der Waals surface area contributed by atoms with E-state index in [0.29, 0.717) is 18.8 Å². The van der Waals surface area contributed by atoms with Crippen molar-refractivity contribution < 1.29 is 9.18 Å². The van der Waals surface area contributed by atoms with Crippen molar-refractivity contribution in [3.8, 4) is 11.1 Å². The minimum Gasteiger partial charge on any atom is -0.337 e. The van der Waals surface area contributed by atoms with E-state index in [1.54, 1.807) is 28.9 Å². The first-order valence-electron chi connectivity index (χ1n) is 10.00. The van der Waals surface area contributed by atoms with Crippen LogP contribution in [0.1, 0.15) is 35.1 Å². The van der Waals surface area contributed by atoms with Gasteiger partial charge in [0.1, 0.15) is 11.5 Å². The molecule has 1 saturated heterocycles. The van der Waals surface area contributed by atoms with E-state index in [-0.39, 0.29) is 17.6 Å². The Hall–Kier alpha value is -3.61. The molecule has 5 rings (SSSR count). The van der Waals surface area contributed by atoms with Crippen molar-refractivity contribution in [3.63, 3.8) is 0 Å². The normalized spacial score (nSPS) is 16.7. The monoisotopic (exact) mass is 401 g/mol. The number of hydrogen-bond donors (Lipinski definition) is 0. The second kappa shape index (κ2) is 7.67. The lowest BCUT2D eigenvalue weighted by Gasteiger charge is -2.31. The molecule has 150 valence electrons. The minimum atomic E-state index is -0.272. The lowest BCUT2D eigenvalue weighted by molar-refractivity contribution is 0.0698. The van der Waals surface area contributed by atoms with Gasteiger partial charge in [-0.2, -0.15) is 5.10 Å². The minimum absolute atomic E-state index is 0.0579. The Balaban J connectivity index is 1.39. The summed E-state index contributed by atoms with van der Waals surface area (Å²) in [6, 6.07) is 15.6. The molecule has 0 unspecified atom stereocenters. The van der Waals surface area contributed by atoms with E-state index in [2.05, 4.69) is 15.1 Å². The largest absolute Gasteiger partial charge is 0.337 e. The molecule has 1 fully saturated rings. The summed E-state index contributed by atoms with van der Waals surface area (Å²) in [6.07, 6.45) is 5.32. The number of amides is 1. The molecule has 1 aliphatic rings. The third-order valence-corrected chi connectivity index (χ3v) is 5.46. The van der Waals surface area contributed by atoms with Gasteiger partial charge in [-0.15, -0.1) is 0 Å². The highest BCUT2D eigenvalue weighted by Crippen LogP contribution is 2.27. The van der Waals surface area contributed by atoms with Crippen molar-refractivity contribution in [3.05, 3.63) is 84.3 Å². The zero-order valence-corrected chi connectivity index (χ0v) is 16.3. The number of piperidine rings is 1. The van der Waals surface area contributed by atoms with Gasteiger partial charge in [-0.25, -0.2) is 13.9 Å². The van der Waals surface area contributed by atoms with Crippen molar-refractivity contribution in [2.24, 2.45) is 0 Å². The van der Waals surface area contributed by atoms with Gasteiger partial charge in [0.05, 0.1) is 0 Å². The number of rotatable bonds is 3. The zero-order chi connectivity index (χ0) is 20.5. The van der Waals surface area contributed by atoms with Crippen molar-refractivity contribution in [1.29, 1.82) is 0 Å². The number of halogens is 1. The first-order valence-corrected chi connectivity index (χ1v) is 10.00. The molecule has 4 heterocycles. The molecule has 0 spiro atoms. The lowest BCUT2D eigenvalue weighted by atomic mass is 9.97. The van der Waals surface area contributed by atoms with E-state index in [0.717, 1.165) is 35.4 Å². The van der Waals surface area contributed by atoms with Gasteiger partial charge in [-0.05, 0) is 54.8 Å². The van der Waals surface area contributed by atoms with E-state index in [1.807, 2.05) is 35.4 Å². The van der Waals surface area contributed by atoms with Crippen LogP contribution in [0.5, 0.6) is 0 Å². The highest BCUT2D eigenvalue weighted by molar-refractivity contribution is 5.92. The fourth-order valence-corrected chi connectivity index (χ4v) is 3.94. The van der Waals surface area contributed by atoms with Crippen LogP contribution in [-0.4, -0.2) is 43.5 Å². The van der Waals surface area contributed by atoms with Crippen LogP contribution in [0, 0.1) is 5.82 Å². The maximum absolute atomic E-state index is 13.6.